The van der Waals surface area contributed by atoms with Crippen molar-refractivity contribution in [2.75, 3.05) is 0 Å². The van der Waals surface area contributed by atoms with Gasteiger partial charge in [-0.05, 0) is 82.3 Å². The number of aromatic amines is 1. The molecule has 2 saturated carbocycles. The van der Waals surface area contributed by atoms with Crippen molar-refractivity contribution in [1.29, 1.82) is 0 Å². The molecule has 3 nitrogen and oxygen atoms in total. The first-order chi connectivity index (χ1) is 14.6. The van der Waals surface area contributed by atoms with E-state index in [0.717, 1.165) is 44.0 Å². The Labute approximate surface area is 187 Å². The van der Waals surface area contributed by atoms with Crippen LogP contribution in [0.1, 0.15) is 78.7 Å². The third kappa shape index (κ3) is 3.50. The van der Waals surface area contributed by atoms with Gasteiger partial charge < -0.3 is 10.1 Å². The second-order valence-electron chi connectivity index (χ2n) is 11.0. The number of rotatable bonds is 5. The Bertz CT molecular complexity index is 995. The van der Waals surface area contributed by atoms with Crippen LogP contribution in [0, 0.1) is 22.7 Å². The molecule has 0 unspecified atom stereocenters. The fraction of sp³-hybridized carbons (Fsp3) is 0.607. The maximum absolute atomic E-state index is 13.9. The van der Waals surface area contributed by atoms with Crippen LogP contribution in [0.4, 0.5) is 0 Å². The molecule has 0 radical (unpaired) electrons. The molecule has 3 heteroatoms. The fourth-order valence-corrected chi connectivity index (χ4v) is 7.03. The Balaban J connectivity index is 1.85. The number of nitrogens with one attached hydrogen (secondary N) is 1. The largest absolute Gasteiger partial charge is 0.390 e. The molecule has 4 rings (SSSR count). The molecule has 0 saturated heterocycles. The number of carbonyl (C=O) groups is 1. The zero-order chi connectivity index (χ0) is 22.4. The molecular formula is C28H39NO2. The number of hydrogen-bond donors (Lipinski definition) is 2. The van der Waals surface area contributed by atoms with Gasteiger partial charge in [-0.25, -0.2) is 0 Å². The Morgan fingerprint density at radius 1 is 1.23 bits per heavy atom. The highest BCUT2D eigenvalue weighted by Crippen LogP contribution is 2.66. The van der Waals surface area contributed by atoms with Gasteiger partial charge in [0.25, 0.3) is 0 Å². The molecule has 5 atom stereocenters. The molecule has 2 N–H and O–H groups in total. The molecule has 1 aromatic carbocycles. The lowest BCUT2D eigenvalue weighted by Gasteiger charge is -2.64. The third-order valence-corrected chi connectivity index (χ3v) is 9.10. The summed E-state index contributed by atoms with van der Waals surface area (Å²) >= 11 is 0. The van der Waals surface area contributed by atoms with Gasteiger partial charge in [-0.2, -0.15) is 0 Å². The molecule has 1 heterocycles. The minimum Gasteiger partial charge on any atom is -0.390 e. The van der Waals surface area contributed by atoms with Gasteiger partial charge >= 0.3 is 0 Å². The predicted molar refractivity (Wildman–Crippen MR) is 128 cm³/mol. The smallest absolute Gasteiger partial charge is 0.140 e. The quantitative estimate of drug-likeness (QED) is 0.534. The first-order valence-corrected chi connectivity index (χ1v) is 12.1. The standard InChI is InChI=1S/C28H39NO2/c1-19(2)9-8-14-28-24(17-21-18-29-23-11-7-6-10-22(21)23)27(5,31)16-15-26(28,4)20(3)12-13-25(28)30/h6-7,9-11,18,20,24,29,31H,8,12-17H2,1-5H3/t20-,24-,26+,27-,28-/m1/s1. The van der Waals surface area contributed by atoms with E-state index in [1.54, 1.807) is 0 Å². The summed E-state index contributed by atoms with van der Waals surface area (Å²) in [5, 5.41) is 13.0. The number of aromatic nitrogens is 1. The van der Waals surface area contributed by atoms with Gasteiger partial charge in [-0.15, -0.1) is 0 Å². The van der Waals surface area contributed by atoms with E-state index < -0.39 is 11.0 Å². The minimum atomic E-state index is -0.852. The molecular weight excluding hydrogens is 382 g/mol. The number of fused-ring (bicyclic) bond motifs is 2. The SMILES string of the molecule is CC(C)=CCC[C@@]12C(=O)CC[C@@H](C)[C@]1(C)CC[C@@](C)(O)[C@H]2Cc1c[nH]c2ccccc12. The lowest BCUT2D eigenvalue weighted by Crippen LogP contribution is -2.65. The molecule has 0 aliphatic heterocycles. The van der Waals surface area contributed by atoms with Crippen LogP contribution >= 0.6 is 0 Å². The van der Waals surface area contributed by atoms with Crippen LogP contribution in [0.25, 0.3) is 10.9 Å². The second kappa shape index (κ2) is 7.92. The Morgan fingerprint density at radius 2 is 1.97 bits per heavy atom. The minimum absolute atomic E-state index is 0.0726. The summed E-state index contributed by atoms with van der Waals surface area (Å²) < 4.78 is 0. The third-order valence-electron chi connectivity index (χ3n) is 9.10. The highest BCUT2D eigenvalue weighted by Gasteiger charge is 2.66. The van der Waals surface area contributed by atoms with E-state index in [0.29, 0.717) is 18.1 Å². The number of benzene rings is 1. The van der Waals surface area contributed by atoms with E-state index in [2.05, 4.69) is 63.2 Å². The summed E-state index contributed by atoms with van der Waals surface area (Å²) in [7, 11) is 0. The van der Waals surface area contributed by atoms with Crippen molar-refractivity contribution in [1.82, 2.24) is 4.98 Å². The molecule has 2 fully saturated rings. The fourth-order valence-electron chi connectivity index (χ4n) is 7.03. The van der Waals surface area contributed by atoms with Gasteiger partial charge in [-0.3, -0.25) is 4.79 Å². The maximum atomic E-state index is 13.9. The highest BCUT2D eigenvalue weighted by atomic mass is 16.3. The van der Waals surface area contributed by atoms with Crippen LogP contribution in [0.15, 0.2) is 42.1 Å². The summed E-state index contributed by atoms with van der Waals surface area (Å²) in [6, 6.07) is 8.37. The lowest BCUT2D eigenvalue weighted by atomic mass is 9.39. The van der Waals surface area contributed by atoms with Crippen LogP contribution in [0.2, 0.25) is 0 Å². The highest BCUT2D eigenvalue weighted by molar-refractivity contribution is 5.88. The molecule has 168 valence electrons. The molecule has 31 heavy (non-hydrogen) atoms. The van der Waals surface area contributed by atoms with Crippen molar-refractivity contribution in [2.24, 2.45) is 22.7 Å². The summed E-state index contributed by atoms with van der Waals surface area (Å²) in [6.45, 7) is 10.9. The number of aliphatic hydroxyl groups is 1. The van der Waals surface area contributed by atoms with Gasteiger partial charge in [0.15, 0.2) is 0 Å². The lowest BCUT2D eigenvalue weighted by molar-refractivity contribution is -0.202. The van der Waals surface area contributed by atoms with Crippen molar-refractivity contribution < 1.29 is 9.90 Å². The van der Waals surface area contributed by atoms with Gasteiger partial charge in [0.1, 0.15) is 5.78 Å². The van der Waals surface area contributed by atoms with Crippen molar-refractivity contribution in [2.45, 2.75) is 85.2 Å². The first kappa shape index (κ1) is 22.3. The van der Waals surface area contributed by atoms with Crippen molar-refractivity contribution in [3.05, 3.63) is 47.7 Å². The number of hydrogen-bond acceptors (Lipinski definition) is 2. The van der Waals surface area contributed by atoms with Crippen LogP contribution in [0.3, 0.4) is 0 Å². The van der Waals surface area contributed by atoms with E-state index in [4.69, 9.17) is 0 Å². The summed E-state index contributed by atoms with van der Waals surface area (Å²) in [5.41, 5.74) is 2.23. The maximum Gasteiger partial charge on any atom is 0.140 e. The van der Waals surface area contributed by atoms with E-state index >= 15 is 0 Å². The number of para-hydroxylation sites is 1. The predicted octanol–water partition coefficient (Wildman–Crippen LogP) is 6.61. The van der Waals surface area contributed by atoms with Crippen molar-refractivity contribution in [3.63, 3.8) is 0 Å². The van der Waals surface area contributed by atoms with Crippen LogP contribution in [-0.4, -0.2) is 21.5 Å². The molecule has 0 bridgehead atoms. The zero-order valence-electron chi connectivity index (χ0n) is 19.9. The van der Waals surface area contributed by atoms with E-state index in [1.165, 1.54) is 16.5 Å². The van der Waals surface area contributed by atoms with Crippen LogP contribution in [0.5, 0.6) is 0 Å². The van der Waals surface area contributed by atoms with Gasteiger partial charge in [0, 0.05) is 34.9 Å². The molecule has 2 aromatic rings. The monoisotopic (exact) mass is 421 g/mol. The normalized spacial score (nSPS) is 35.7. The molecule has 1 aromatic heterocycles. The number of H-pyrrole nitrogens is 1. The second-order valence-corrected chi connectivity index (χ2v) is 11.0. The van der Waals surface area contributed by atoms with Gasteiger partial charge in [0.05, 0.1) is 5.60 Å². The molecule has 0 amide bonds. The number of carbonyl (C=O) groups excluding carboxylic acids is 1. The summed E-state index contributed by atoms with van der Waals surface area (Å²) in [6.07, 6.45) is 10.1. The Morgan fingerprint density at radius 3 is 2.71 bits per heavy atom. The first-order valence-electron chi connectivity index (χ1n) is 12.1. The average molecular weight is 422 g/mol. The van der Waals surface area contributed by atoms with E-state index in [-0.39, 0.29) is 11.3 Å². The Kier molecular flexibility index (Phi) is 5.70. The number of ketones is 1. The molecule has 2 aliphatic carbocycles. The summed E-state index contributed by atoms with van der Waals surface area (Å²) in [4.78, 5) is 17.3. The number of allylic oxidation sites excluding steroid dienone is 2. The molecule has 0 spiro atoms. The van der Waals surface area contributed by atoms with Crippen molar-refractivity contribution in [3.8, 4) is 0 Å². The Hall–Kier alpha value is -1.87. The molecule has 2 aliphatic rings. The van der Waals surface area contributed by atoms with Gasteiger partial charge in [-0.1, -0.05) is 43.7 Å². The number of Topliss-reactive ketones (excluding diaryl/α,β-unsaturated/α-hetero) is 1. The van der Waals surface area contributed by atoms with Crippen LogP contribution in [-0.2, 0) is 11.2 Å². The van der Waals surface area contributed by atoms with E-state index in [1.807, 2.05) is 13.0 Å². The average Bonchev–Trinajstić information content (AvgIpc) is 3.13. The van der Waals surface area contributed by atoms with Crippen molar-refractivity contribution >= 4 is 16.7 Å². The topological polar surface area (TPSA) is 53.1 Å². The summed E-state index contributed by atoms with van der Waals surface area (Å²) in [5.74, 6) is 0.789. The zero-order valence-corrected chi connectivity index (χ0v) is 19.9. The van der Waals surface area contributed by atoms with E-state index in [9.17, 15) is 9.90 Å². The van der Waals surface area contributed by atoms with Gasteiger partial charge in [0.2, 0.25) is 0 Å². The van der Waals surface area contributed by atoms with Crippen LogP contribution < -0.4 is 0 Å².